The van der Waals surface area contributed by atoms with Gasteiger partial charge in [0.05, 0.1) is 22.1 Å². The number of nitriles is 1. The molecule has 0 radical (unpaired) electrons. The lowest BCUT2D eigenvalue weighted by Crippen LogP contribution is -2.35. The average molecular weight is 343 g/mol. The Morgan fingerprint density at radius 2 is 1.83 bits per heavy atom. The third-order valence-electron chi connectivity index (χ3n) is 3.98. The molecule has 122 valence electrons. The van der Waals surface area contributed by atoms with Crippen molar-refractivity contribution in [1.82, 2.24) is 4.72 Å². The standard InChI is InChI=1S/C16H13N3O4S/c17-11-12-6-7-15(14(10-12)19(20)21)24(22,23)18-16(8-9-16)13-4-2-1-3-5-13/h1-7,10,18H,8-9H2. The maximum absolute atomic E-state index is 12.7. The molecule has 8 heteroatoms. The molecule has 1 aliphatic carbocycles. The van der Waals surface area contributed by atoms with Crippen LogP contribution in [0.1, 0.15) is 24.0 Å². The number of hydrogen-bond acceptors (Lipinski definition) is 5. The number of nitro benzene ring substituents is 1. The van der Waals surface area contributed by atoms with E-state index in [2.05, 4.69) is 4.72 Å². The van der Waals surface area contributed by atoms with Gasteiger partial charge in [0, 0.05) is 6.07 Å². The fourth-order valence-corrected chi connectivity index (χ4v) is 4.20. The maximum atomic E-state index is 12.7. The van der Waals surface area contributed by atoms with E-state index in [-0.39, 0.29) is 5.56 Å². The van der Waals surface area contributed by atoms with Crippen LogP contribution in [0.4, 0.5) is 5.69 Å². The number of rotatable bonds is 5. The van der Waals surface area contributed by atoms with Crippen molar-refractivity contribution in [3.63, 3.8) is 0 Å². The van der Waals surface area contributed by atoms with Crippen molar-refractivity contribution in [3.05, 3.63) is 69.8 Å². The maximum Gasteiger partial charge on any atom is 0.290 e. The summed E-state index contributed by atoms with van der Waals surface area (Å²) in [6, 6.07) is 14.2. The van der Waals surface area contributed by atoms with Crippen molar-refractivity contribution in [1.29, 1.82) is 5.26 Å². The molecule has 7 nitrogen and oxygen atoms in total. The van der Waals surface area contributed by atoms with Gasteiger partial charge < -0.3 is 0 Å². The van der Waals surface area contributed by atoms with Crippen LogP contribution in [-0.4, -0.2) is 13.3 Å². The summed E-state index contributed by atoms with van der Waals surface area (Å²) in [6.07, 6.45) is 1.25. The van der Waals surface area contributed by atoms with Gasteiger partial charge in [0.15, 0.2) is 4.90 Å². The lowest BCUT2D eigenvalue weighted by molar-refractivity contribution is -0.387. The molecule has 0 heterocycles. The van der Waals surface area contributed by atoms with Gasteiger partial charge >= 0.3 is 0 Å². The number of nitrogens with zero attached hydrogens (tertiary/aromatic N) is 2. The van der Waals surface area contributed by atoms with E-state index < -0.39 is 31.1 Å². The molecule has 1 N–H and O–H groups in total. The van der Waals surface area contributed by atoms with Gasteiger partial charge in [-0.1, -0.05) is 30.3 Å². The van der Waals surface area contributed by atoms with Gasteiger partial charge in [-0.3, -0.25) is 10.1 Å². The molecule has 1 saturated carbocycles. The van der Waals surface area contributed by atoms with Gasteiger partial charge in [0.25, 0.3) is 5.69 Å². The number of sulfonamides is 1. The molecular weight excluding hydrogens is 330 g/mol. The fraction of sp³-hybridized carbons (Fsp3) is 0.188. The second kappa shape index (κ2) is 5.70. The number of nitro groups is 1. The van der Waals surface area contributed by atoms with Gasteiger partial charge in [-0.15, -0.1) is 0 Å². The molecule has 3 rings (SSSR count). The lowest BCUT2D eigenvalue weighted by atomic mass is 10.1. The molecule has 1 aliphatic rings. The molecule has 1 fully saturated rings. The van der Waals surface area contributed by atoms with Gasteiger partial charge in [-0.05, 0) is 30.5 Å². The second-order valence-corrected chi connectivity index (χ2v) is 7.26. The molecule has 0 unspecified atom stereocenters. The van der Waals surface area contributed by atoms with Crippen LogP contribution in [-0.2, 0) is 15.6 Å². The molecule has 0 saturated heterocycles. The minimum absolute atomic E-state index is 0.0323. The zero-order valence-corrected chi connectivity index (χ0v) is 13.3. The number of nitrogens with one attached hydrogen (secondary N) is 1. The van der Waals surface area contributed by atoms with Crippen LogP contribution in [0.5, 0.6) is 0 Å². The first-order chi connectivity index (χ1) is 11.4. The largest absolute Gasteiger partial charge is 0.290 e. The Morgan fingerprint density at radius 1 is 1.17 bits per heavy atom. The Morgan fingerprint density at radius 3 is 2.38 bits per heavy atom. The van der Waals surface area contributed by atoms with E-state index in [1.54, 1.807) is 6.07 Å². The van der Waals surface area contributed by atoms with Crippen LogP contribution in [0.2, 0.25) is 0 Å². The van der Waals surface area contributed by atoms with Gasteiger partial charge in [0.1, 0.15) is 0 Å². The molecule has 0 aromatic heterocycles. The number of hydrogen-bond donors (Lipinski definition) is 1. The van der Waals surface area contributed by atoms with Crippen molar-refractivity contribution >= 4 is 15.7 Å². The average Bonchev–Trinajstić information content (AvgIpc) is 3.35. The summed E-state index contributed by atoms with van der Waals surface area (Å²) in [5.41, 5.74) is -0.470. The molecule has 24 heavy (non-hydrogen) atoms. The highest BCUT2D eigenvalue weighted by molar-refractivity contribution is 7.89. The SMILES string of the molecule is N#Cc1ccc(S(=O)(=O)NC2(c3ccccc3)CC2)c([N+](=O)[O-])c1. The molecule has 0 spiro atoms. The Hall–Kier alpha value is -2.76. The molecule has 0 amide bonds. The summed E-state index contributed by atoms with van der Waals surface area (Å²) in [5.74, 6) is 0. The van der Waals surface area contributed by atoms with Crippen LogP contribution in [0.25, 0.3) is 0 Å². The third kappa shape index (κ3) is 2.87. The van der Waals surface area contributed by atoms with Crippen molar-refractivity contribution in [2.24, 2.45) is 0 Å². The normalized spacial score (nSPS) is 15.5. The first-order valence-corrected chi connectivity index (χ1v) is 8.64. The fourth-order valence-electron chi connectivity index (χ4n) is 2.60. The highest BCUT2D eigenvalue weighted by atomic mass is 32.2. The molecule has 2 aromatic carbocycles. The van der Waals surface area contributed by atoms with Gasteiger partial charge in [-0.2, -0.15) is 5.26 Å². The summed E-state index contributed by atoms with van der Waals surface area (Å²) in [4.78, 5) is 9.96. The molecule has 2 aromatic rings. The minimum atomic E-state index is -4.11. The van der Waals surface area contributed by atoms with Crippen LogP contribution in [0, 0.1) is 21.4 Å². The van der Waals surface area contributed by atoms with Crippen molar-refractivity contribution in [2.75, 3.05) is 0 Å². The monoisotopic (exact) mass is 343 g/mol. The molecule has 0 atom stereocenters. The van der Waals surface area contributed by atoms with Gasteiger partial charge in [-0.25, -0.2) is 13.1 Å². The highest BCUT2D eigenvalue weighted by Gasteiger charge is 2.48. The number of benzene rings is 2. The zero-order valence-electron chi connectivity index (χ0n) is 12.5. The van der Waals surface area contributed by atoms with Crippen molar-refractivity contribution in [3.8, 4) is 6.07 Å². The summed E-state index contributed by atoms with van der Waals surface area (Å²) in [7, 11) is -4.11. The smallest absolute Gasteiger partial charge is 0.258 e. The predicted molar refractivity (Wildman–Crippen MR) is 85.5 cm³/mol. The van der Waals surface area contributed by atoms with Crippen molar-refractivity contribution in [2.45, 2.75) is 23.3 Å². The van der Waals surface area contributed by atoms with Crippen LogP contribution < -0.4 is 4.72 Å². The predicted octanol–water partition coefficient (Wildman–Crippen LogP) is 2.43. The van der Waals surface area contributed by atoms with E-state index in [4.69, 9.17) is 5.26 Å². The molecule has 0 bridgehead atoms. The van der Waals surface area contributed by atoms with E-state index >= 15 is 0 Å². The lowest BCUT2D eigenvalue weighted by Gasteiger charge is -2.18. The first kappa shape index (κ1) is 16.1. The topological polar surface area (TPSA) is 113 Å². The minimum Gasteiger partial charge on any atom is -0.258 e. The van der Waals surface area contributed by atoms with E-state index in [1.165, 1.54) is 6.07 Å². The third-order valence-corrected chi connectivity index (χ3v) is 5.56. The van der Waals surface area contributed by atoms with Crippen LogP contribution in [0.15, 0.2) is 53.4 Å². The van der Waals surface area contributed by atoms with Gasteiger partial charge in [0.2, 0.25) is 10.0 Å². The summed E-state index contributed by atoms with van der Waals surface area (Å²) < 4.78 is 28.0. The Labute approximate surface area is 138 Å². The molecular formula is C16H13N3O4S. The summed E-state index contributed by atoms with van der Waals surface area (Å²) in [6.45, 7) is 0. The quantitative estimate of drug-likeness (QED) is 0.661. The van der Waals surface area contributed by atoms with Crippen molar-refractivity contribution < 1.29 is 13.3 Å². The molecule has 0 aliphatic heterocycles. The summed E-state index contributed by atoms with van der Waals surface area (Å²) in [5, 5.41) is 20.0. The summed E-state index contributed by atoms with van der Waals surface area (Å²) >= 11 is 0. The Kier molecular flexibility index (Phi) is 3.83. The Balaban J connectivity index is 2.01. The van der Waals surface area contributed by atoms with Crippen LogP contribution >= 0.6 is 0 Å². The van der Waals surface area contributed by atoms with E-state index in [0.717, 1.165) is 17.7 Å². The first-order valence-electron chi connectivity index (χ1n) is 7.16. The second-order valence-electron chi connectivity index (χ2n) is 5.61. The highest BCUT2D eigenvalue weighted by Crippen LogP contribution is 2.46. The van der Waals surface area contributed by atoms with E-state index in [0.29, 0.717) is 12.8 Å². The van der Waals surface area contributed by atoms with E-state index in [9.17, 15) is 18.5 Å². The zero-order chi connectivity index (χ0) is 17.4. The van der Waals surface area contributed by atoms with Crippen LogP contribution in [0.3, 0.4) is 0 Å². The van der Waals surface area contributed by atoms with E-state index in [1.807, 2.05) is 30.3 Å². The Bertz CT molecular complexity index is 945.